The maximum absolute atomic E-state index is 11.0. The van der Waals surface area contributed by atoms with Crippen molar-refractivity contribution in [3.05, 3.63) is 78.4 Å². The monoisotopic (exact) mass is 345 g/mol. The third-order valence-corrected chi connectivity index (χ3v) is 3.23. The van der Waals surface area contributed by atoms with E-state index in [0.717, 1.165) is 12.1 Å². The van der Waals surface area contributed by atoms with Crippen molar-refractivity contribution in [2.75, 3.05) is 5.43 Å². The lowest BCUT2D eigenvalue weighted by Crippen LogP contribution is -2.02. The Morgan fingerprint density at radius 3 is 1.96 bits per heavy atom. The van der Waals surface area contributed by atoms with Crippen LogP contribution in [0.25, 0.3) is 0 Å². The lowest BCUT2D eigenvalue weighted by atomic mass is 10.1. The molecule has 0 fully saturated rings. The number of nitrogens with one attached hydrogen (secondary N) is 1. The summed E-state index contributed by atoms with van der Waals surface area (Å²) in [6.07, 6.45) is 0. The number of nitro groups is 3. The van der Waals surface area contributed by atoms with Crippen LogP contribution in [0.15, 0.2) is 47.6 Å². The highest BCUT2D eigenvalue weighted by atomic mass is 16.6. The van der Waals surface area contributed by atoms with E-state index in [1.165, 1.54) is 30.3 Å². The van der Waals surface area contributed by atoms with Gasteiger partial charge in [-0.2, -0.15) is 5.10 Å². The van der Waals surface area contributed by atoms with Crippen LogP contribution in [0.2, 0.25) is 0 Å². The molecule has 2 rings (SSSR count). The summed E-state index contributed by atoms with van der Waals surface area (Å²) >= 11 is 0. The minimum Gasteiger partial charge on any atom is -0.271 e. The first-order valence-corrected chi connectivity index (χ1v) is 6.77. The largest absolute Gasteiger partial charge is 0.301 e. The number of nitro benzene ring substituents is 3. The average molecular weight is 345 g/mol. The van der Waals surface area contributed by atoms with Gasteiger partial charge in [0.25, 0.3) is 11.4 Å². The van der Waals surface area contributed by atoms with E-state index in [2.05, 4.69) is 10.5 Å². The van der Waals surface area contributed by atoms with Crippen LogP contribution in [0.4, 0.5) is 22.7 Å². The van der Waals surface area contributed by atoms with Gasteiger partial charge in [-0.15, -0.1) is 0 Å². The van der Waals surface area contributed by atoms with Gasteiger partial charge >= 0.3 is 5.69 Å². The lowest BCUT2D eigenvalue weighted by molar-refractivity contribution is -0.393. The molecule has 2 aromatic carbocycles. The van der Waals surface area contributed by atoms with Crippen LogP contribution in [0.5, 0.6) is 0 Å². The minimum absolute atomic E-state index is 0.0168. The molecule has 128 valence electrons. The van der Waals surface area contributed by atoms with Gasteiger partial charge in [-0.1, -0.05) is 0 Å². The van der Waals surface area contributed by atoms with Crippen molar-refractivity contribution in [2.24, 2.45) is 5.10 Å². The molecule has 0 radical (unpaired) electrons. The zero-order chi connectivity index (χ0) is 18.6. The molecular formula is C14H11N5O6. The van der Waals surface area contributed by atoms with Gasteiger partial charge in [0.1, 0.15) is 5.69 Å². The van der Waals surface area contributed by atoms with Gasteiger partial charge in [0.05, 0.1) is 26.5 Å². The molecule has 11 nitrogen and oxygen atoms in total. The van der Waals surface area contributed by atoms with Gasteiger partial charge in [-0.05, 0) is 30.7 Å². The number of hydrazone groups is 1. The van der Waals surface area contributed by atoms with E-state index in [0.29, 0.717) is 11.3 Å². The third-order valence-electron chi connectivity index (χ3n) is 3.23. The second-order valence-corrected chi connectivity index (χ2v) is 4.83. The van der Waals surface area contributed by atoms with Crippen molar-refractivity contribution < 1.29 is 14.8 Å². The molecule has 0 aliphatic rings. The van der Waals surface area contributed by atoms with Crippen LogP contribution in [-0.4, -0.2) is 20.5 Å². The number of hydrogen-bond acceptors (Lipinski definition) is 8. The predicted octanol–water partition coefficient (Wildman–Crippen LogP) is 3.25. The summed E-state index contributed by atoms with van der Waals surface area (Å²) < 4.78 is 0. The fourth-order valence-electron chi connectivity index (χ4n) is 1.91. The first-order valence-electron chi connectivity index (χ1n) is 6.77. The van der Waals surface area contributed by atoms with Crippen molar-refractivity contribution in [3.8, 4) is 0 Å². The van der Waals surface area contributed by atoms with E-state index in [9.17, 15) is 30.3 Å². The van der Waals surface area contributed by atoms with Crippen LogP contribution < -0.4 is 5.43 Å². The van der Waals surface area contributed by atoms with Crippen molar-refractivity contribution >= 4 is 28.5 Å². The van der Waals surface area contributed by atoms with Gasteiger partial charge < -0.3 is 0 Å². The van der Waals surface area contributed by atoms with Gasteiger partial charge in [0.15, 0.2) is 0 Å². The summed E-state index contributed by atoms with van der Waals surface area (Å²) in [4.78, 5) is 30.3. The molecule has 0 spiro atoms. The smallest absolute Gasteiger partial charge is 0.271 e. The van der Waals surface area contributed by atoms with Crippen LogP contribution in [0.1, 0.15) is 12.5 Å². The SMILES string of the molecule is C/C(=N/Nc1ccc([N+](=O)[O-])cc1[N+](=O)[O-])c1ccc([N+](=O)[O-])cc1. The Labute approximate surface area is 140 Å². The van der Waals surface area contributed by atoms with Gasteiger partial charge in [0.2, 0.25) is 0 Å². The molecule has 0 aliphatic heterocycles. The highest BCUT2D eigenvalue weighted by molar-refractivity contribution is 5.99. The summed E-state index contributed by atoms with van der Waals surface area (Å²) in [5.74, 6) is 0. The van der Waals surface area contributed by atoms with Crippen LogP contribution in [0, 0.1) is 30.3 Å². The summed E-state index contributed by atoms with van der Waals surface area (Å²) in [5, 5.41) is 36.3. The first-order chi connectivity index (χ1) is 11.8. The van der Waals surface area contributed by atoms with E-state index < -0.39 is 26.1 Å². The molecule has 1 N–H and O–H groups in total. The van der Waals surface area contributed by atoms with Gasteiger partial charge in [-0.25, -0.2) is 0 Å². The maximum Gasteiger partial charge on any atom is 0.301 e. The standard InChI is InChI=1S/C14H11N5O6/c1-9(10-2-4-11(5-3-10)17(20)21)15-16-13-7-6-12(18(22)23)8-14(13)19(24)25/h2-8,16H,1H3/b15-9-. The molecule has 0 atom stereocenters. The molecule has 0 aromatic heterocycles. The summed E-state index contributed by atoms with van der Waals surface area (Å²) in [6.45, 7) is 1.60. The minimum atomic E-state index is -0.758. The Bertz CT molecular complexity index is 878. The van der Waals surface area contributed by atoms with E-state index in [1.807, 2.05) is 0 Å². The highest BCUT2D eigenvalue weighted by Crippen LogP contribution is 2.29. The van der Waals surface area contributed by atoms with Crippen molar-refractivity contribution in [1.82, 2.24) is 0 Å². The molecule has 25 heavy (non-hydrogen) atoms. The average Bonchev–Trinajstić information content (AvgIpc) is 2.59. The van der Waals surface area contributed by atoms with Crippen LogP contribution in [0.3, 0.4) is 0 Å². The zero-order valence-corrected chi connectivity index (χ0v) is 12.8. The second kappa shape index (κ2) is 7.12. The fraction of sp³-hybridized carbons (Fsp3) is 0.0714. The van der Waals surface area contributed by atoms with E-state index in [1.54, 1.807) is 6.92 Å². The Hall–Kier alpha value is -3.89. The lowest BCUT2D eigenvalue weighted by Gasteiger charge is -2.04. The molecule has 0 saturated carbocycles. The fourth-order valence-corrected chi connectivity index (χ4v) is 1.91. The van der Waals surface area contributed by atoms with Crippen LogP contribution in [-0.2, 0) is 0 Å². The molecule has 0 bridgehead atoms. The van der Waals surface area contributed by atoms with Gasteiger partial charge in [0, 0.05) is 18.2 Å². The number of benzene rings is 2. The summed E-state index contributed by atoms with van der Waals surface area (Å²) in [6, 6.07) is 8.73. The van der Waals surface area contributed by atoms with E-state index in [4.69, 9.17) is 0 Å². The van der Waals surface area contributed by atoms with E-state index >= 15 is 0 Å². The molecule has 0 amide bonds. The first kappa shape index (κ1) is 17.5. The number of anilines is 1. The molecule has 11 heteroatoms. The molecule has 2 aromatic rings. The molecule has 0 unspecified atom stereocenters. The topological polar surface area (TPSA) is 154 Å². The van der Waals surface area contributed by atoms with E-state index in [-0.39, 0.29) is 11.4 Å². The molecule has 0 aliphatic carbocycles. The maximum atomic E-state index is 11.0. The summed E-state index contributed by atoms with van der Waals surface area (Å²) in [7, 11) is 0. The number of hydrogen-bond donors (Lipinski definition) is 1. The Kier molecular flexibility index (Phi) is 4.98. The Morgan fingerprint density at radius 1 is 0.880 bits per heavy atom. The van der Waals surface area contributed by atoms with Crippen LogP contribution >= 0.6 is 0 Å². The summed E-state index contributed by atoms with van der Waals surface area (Å²) in [5.41, 5.74) is 2.49. The zero-order valence-electron chi connectivity index (χ0n) is 12.8. The Morgan fingerprint density at radius 2 is 1.44 bits per heavy atom. The van der Waals surface area contributed by atoms with Crippen molar-refractivity contribution in [2.45, 2.75) is 6.92 Å². The Balaban J connectivity index is 2.26. The molecule has 0 saturated heterocycles. The quantitative estimate of drug-likeness (QED) is 0.478. The number of non-ortho nitro benzene ring substituents is 2. The van der Waals surface area contributed by atoms with Crippen molar-refractivity contribution in [1.29, 1.82) is 0 Å². The number of nitrogens with zero attached hydrogens (tertiary/aromatic N) is 4. The second-order valence-electron chi connectivity index (χ2n) is 4.83. The molecule has 0 heterocycles. The van der Waals surface area contributed by atoms with Crippen molar-refractivity contribution in [3.63, 3.8) is 0 Å². The predicted molar refractivity (Wildman–Crippen MR) is 88.7 cm³/mol. The molecular weight excluding hydrogens is 334 g/mol. The highest BCUT2D eigenvalue weighted by Gasteiger charge is 2.19. The number of rotatable bonds is 6. The third kappa shape index (κ3) is 4.10. The van der Waals surface area contributed by atoms with Gasteiger partial charge in [-0.3, -0.25) is 35.8 Å². The normalized spacial score (nSPS) is 11.0.